The van der Waals surface area contributed by atoms with Gasteiger partial charge in [-0.1, -0.05) is 0 Å². The van der Waals surface area contributed by atoms with E-state index >= 15 is 0 Å². The van der Waals surface area contributed by atoms with Gasteiger partial charge in [-0.25, -0.2) is 9.98 Å². The van der Waals surface area contributed by atoms with Crippen molar-refractivity contribution in [3.05, 3.63) is 0 Å². The van der Waals surface area contributed by atoms with Gasteiger partial charge in [-0.15, -0.1) is 0 Å². The minimum atomic E-state index is -1.01. The van der Waals surface area contributed by atoms with E-state index in [0.717, 1.165) is 0 Å². The molecule has 1 rings (SSSR count). The first-order valence-electron chi connectivity index (χ1n) is 3.83. The molecule has 0 aromatic heterocycles. The van der Waals surface area contributed by atoms with Gasteiger partial charge in [0.15, 0.2) is 0 Å². The zero-order chi connectivity index (χ0) is 10.7. The third-order valence-corrected chi connectivity index (χ3v) is 2.85. The minimum Gasteiger partial charge on any atom is -0.265 e. The van der Waals surface area contributed by atoms with E-state index in [2.05, 4.69) is 9.98 Å². The van der Waals surface area contributed by atoms with Crippen LogP contribution in [0.15, 0.2) is 9.98 Å². The standard InChI is InChI=1S/C7H11N3O2S2/c1-13(11)3-5-6(4-14(2)12)10-7(8)9-5/h8H,3-4H2,1-2H3. The quantitative estimate of drug-likeness (QED) is 0.715. The second-order valence-corrected chi connectivity index (χ2v) is 5.75. The molecule has 0 fully saturated rings. The van der Waals surface area contributed by atoms with E-state index in [1.165, 1.54) is 0 Å². The highest BCUT2D eigenvalue weighted by Gasteiger charge is 2.19. The molecule has 2 unspecified atom stereocenters. The van der Waals surface area contributed by atoms with Crippen LogP contribution in [0.5, 0.6) is 0 Å². The van der Waals surface area contributed by atoms with Crippen molar-refractivity contribution in [1.29, 1.82) is 5.41 Å². The first kappa shape index (κ1) is 11.4. The fraction of sp³-hybridized carbons (Fsp3) is 0.571. The summed E-state index contributed by atoms with van der Waals surface area (Å²) in [5, 5.41) is 7.23. The molecule has 7 heteroatoms. The Morgan fingerprint density at radius 3 is 1.71 bits per heavy atom. The lowest BCUT2D eigenvalue weighted by atomic mass is 10.3. The van der Waals surface area contributed by atoms with E-state index in [0.29, 0.717) is 11.4 Å². The number of aliphatic imine (C=N–C) groups is 2. The molecule has 0 aromatic carbocycles. The predicted octanol–water partition coefficient (Wildman–Crippen LogP) is -0.426. The molecular weight excluding hydrogens is 222 g/mol. The second kappa shape index (κ2) is 4.70. The normalized spacial score (nSPS) is 20.3. The first-order chi connectivity index (χ1) is 6.49. The fourth-order valence-corrected chi connectivity index (χ4v) is 2.26. The predicted molar refractivity (Wildman–Crippen MR) is 60.5 cm³/mol. The van der Waals surface area contributed by atoms with Crippen LogP contribution in [0, 0.1) is 5.41 Å². The molecule has 1 aliphatic rings. The summed E-state index contributed by atoms with van der Waals surface area (Å²) in [7, 11) is -2.03. The highest BCUT2D eigenvalue weighted by molar-refractivity contribution is 7.86. The van der Waals surface area contributed by atoms with Crippen LogP contribution in [-0.4, -0.2) is 49.8 Å². The van der Waals surface area contributed by atoms with E-state index < -0.39 is 21.6 Å². The number of nitrogens with one attached hydrogen (secondary N) is 1. The average Bonchev–Trinajstić information content (AvgIpc) is 2.28. The van der Waals surface area contributed by atoms with Gasteiger partial charge in [-0.2, -0.15) is 0 Å². The van der Waals surface area contributed by atoms with Gasteiger partial charge in [0.25, 0.3) is 0 Å². The number of hydrogen-bond acceptors (Lipinski definition) is 3. The molecule has 1 aliphatic heterocycles. The van der Waals surface area contributed by atoms with Gasteiger partial charge in [0.2, 0.25) is 5.96 Å². The number of nitrogens with zero attached hydrogens (tertiary/aromatic N) is 2. The Morgan fingerprint density at radius 1 is 1.07 bits per heavy atom. The Morgan fingerprint density at radius 2 is 1.43 bits per heavy atom. The van der Waals surface area contributed by atoms with Crippen molar-refractivity contribution in [3.63, 3.8) is 0 Å². The molecule has 0 radical (unpaired) electrons. The van der Waals surface area contributed by atoms with Crippen LogP contribution in [0.2, 0.25) is 0 Å². The molecule has 2 atom stereocenters. The maximum Gasteiger partial charge on any atom is 0.242 e. The van der Waals surface area contributed by atoms with E-state index in [-0.39, 0.29) is 17.5 Å². The van der Waals surface area contributed by atoms with Gasteiger partial charge >= 0.3 is 0 Å². The fourth-order valence-electron chi connectivity index (χ4n) is 1.03. The molecule has 14 heavy (non-hydrogen) atoms. The van der Waals surface area contributed by atoms with Crippen molar-refractivity contribution in [3.8, 4) is 0 Å². The van der Waals surface area contributed by atoms with Crippen LogP contribution in [-0.2, 0) is 21.6 Å². The van der Waals surface area contributed by atoms with Crippen molar-refractivity contribution in [2.75, 3.05) is 24.0 Å². The SMILES string of the molecule is CS(=O)CC1=NC(=N)N=C1CS(C)=O. The molecule has 1 heterocycles. The van der Waals surface area contributed by atoms with E-state index in [4.69, 9.17) is 5.41 Å². The summed E-state index contributed by atoms with van der Waals surface area (Å²) in [4.78, 5) is 7.66. The maximum absolute atomic E-state index is 11.0. The molecule has 78 valence electrons. The van der Waals surface area contributed by atoms with Crippen molar-refractivity contribution in [1.82, 2.24) is 0 Å². The zero-order valence-corrected chi connectivity index (χ0v) is 9.57. The van der Waals surface area contributed by atoms with Crippen molar-refractivity contribution in [2.45, 2.75) is 0 Å². The molecule has 0 saturated carbocycles. The summed E-state index contributed by atoms with van der Waals surface area (Å²) in [5.74, 6) is 0.461. The van der Waals surface area contributed by atoms with Crippen LogP contribution < -0.4 is 0 Å². The maximum atomic E-state index is 11.0. The lowest BCUT2D eigenvalue weighted by molar-refractivity contribution is 0.688. The molecule has 0 bridgehead atoms. The second-order valence-electron chi connectivity index (χ2n) is 2.88. The highest BCUT2D eigenvalue weighted by Crippen LogP contribution is 2.01. The smallest absolute Gasteiger partial charge is 0.242 e. The molecule has 0 aliphatic carbocycles. The van der Waals surface area contributed by atoms with Gasteiger partial charge < -0.3 is 0 Å². The lowest BCUT2D eigenvalue weighted by Gasteiger charge is -2.00. The van der Waals surface area contributed by atoms with Gasteiger partial charge in [0, 0.05) is 34.1 Å². The molecule has 0 amide bonds. The Kier molecular flexibility index (Phi) is 3.82. The zero-order valence-electron chi connectivity index (χ0n) is 7.94. The Labute approximate surface area is 87.1 Å². The van der Waals surface area contributed by atoms with Gasteiger partial charge in [0.05, 0.1) is 22.9 Å². The minimum absolute atomic E-state index is 0.0918. The Hall–Kier alpha value is -0.690. The highest BCUT2D eigenvalue weighted by atomic mass is 32.2. The first-order valence-corrected chi connectivity index (χ1v) is 7.28. The third-order valence-electron chi connectivity index (χ3n) is 1.49. The van der Waals surface area contributed by atoms with Crippen LogP contribution in [0.3, 0.4) is 0 Å². The summed E-state index contributed by atoms with van der Waals surface area (Å²) in [6, 6.07) is 0. The summed E-state index contributed by atoms with van der Waals surface area (Å²) >= 11 is 0. The largest absolute Gasteiger partial charge is 0.265 e. The van der Waals surface area contributed by atoms with Crippen LogP contribution >= 0.6 is 0 Å². The van der Waals surface area contributed by atoms with Gasteiger partial charge in [0.1, 0.15) is 0 Å². The molecule has 1 N–H and O–H groups in total. The average molecular weight is 233 g/mol. The topological polar surface area (TPSA) is 82.7 Å². The monoisotopic (exact) mass is 233 g/mol. The van der Waals surface area contributed by atoms with E-state index in [1.807, 2.05) is 0 Å². The molecule has 0 saturated heterocycles. The van der Waals surface area contributed by atoms with Crippen LogP contribution in [0.1, 0.15) is 0 Å². The summed E-state index contributed by atoms with van der Waals surface area (Å²) in [6.07, 6.45) is 3.12. The summed E-state index contributed by atoms with van der Waals surface area (Å²) in [5.41, 5.74) is 1.07. The summed E-state index contributed by atoms with van der Waals surface area (Å²) in [6.45, 7) is 0. The molecule has 5 nitrogen and oxygen atoms in total. The lowest BCUT2D eigenvalue weighted by Crippen LogP contribution is -2.23. The van der Waals surface area contributed by atoms with E-state index in [1.54, 1.807) is 12.5 Å². The van der Waals surface area contributed by atoms with Crippen LogP contribution in [0.4, 0.5) is 0 Å². The third kappa shape index (κ3) is 3.22. The van der Waals surface area contributed by atoms with Crippen LogP contribution in [0.25, 0.3) is 0 Å². The Bertz CT molecular complexity index is 339. The van der Waals surface area contributed by atoms with Gasteiger partial charge in [-0.05, 0) is 0 Å². The Balaban J connectivity index is 2.79. The number of hydrogen-bond donors (Lipinski definition) is 1. The molecule has 0 aromatic rings. The summed E-state index contributed by atoms with van der Waals surface area (Å²) < 4.78 is 21.9. The number of rotatable bonds is 4. The molecular formula is C7H11N3O2S2. The van der Waals surface area contributed by atoms with Crippen molar-refractivity contribution in [2.24, 2.45) is 9.98 Å². The van der Waals surface area contributed by atoms with Crippen molar-refractivity contribution >= 4 is 39.0 Å². The number of guanidine groups is 1. The van der Waals surface area contributed by atoms with Gasteiger partial charge in [-0.3, -0.25) is 13.8 Å². The van der Waals surface area contributed by atoms with Crippen molar-refractivity contribution < 1.29 is 8.42 Å². The van der Waals surface area contributed by atoms with E-state index in [9.17, 15) is 8.42 Å². The molecule has 0 spiro atoms.